The summed E-state index contributed by atoms with van der Waals surface area (Å²) in [5.74, 6) is 1.77. The van der Waals surface area contributed by atoms with Crippen LogP contribution in [0.1, 0.15) is 37.9 Å². The van der Waals surface area contributed by atoms with Crippen LogP contribution < -0.4 is 15.2 Å². The number of anilines is 1. The quantitative estimate of drug-likeness (QED) is 0.542. The zero-order valence-corrected chi connectivity index (χ0v) is 15.8. The molecule has 2 aromatic rings. The van der Waals surface area contributed by atoms with Crippen molar-refractivity contribution in [3.8, 4) is 11.5 Å². The van der Waals surface area contributed by atoms with Crippen molar-refractivity contribution in [2.45, 2.75) is 33.6 Å². The Morgan fingerprint density at radius 2 is 2.12 bits per heavy atom. The van der Waals surface area contributed by atoms with Crippen LogP contribution in [0.5, 0.6) is 11.5 Å². The first kappa shape index (κ1) is 18.3. The molecular weight excluding hydrogens is 372 g/mol. The van der Waals surface area contributed by atoms with E-state index in [1.54, 1.807) is 12.4 Å². The van der Waals surface area contributed by atoms with Gasteiger partial charge < -0.3 is 15.2 Å². The first-order valence-electron chi connectivity index (χ1n) is 8.00. The van der Waals surface area contributed by atoms with Gasteiger partial charge in [-0.3, -0.25) is 0 Å². The standard InChI is InChI=1S/C17H23BrN4O2/c1-4-6-7-24-16-14(18)8-13(9-15(16)23-5-2)10-20-22-11-12(3)21-17(22)19/h8-11H,4-7H2,1-3H3,(H2,19,21). The Labute approximate surface area is 150 Å². The maximum absolute atomic E-state index is 5.85. The number of nitrogen functional groups attached to an aromatic ring is 1. The van der Waals surface area contributed by atoms with Gasteiger partial charge in [0.05, 0.1) is 35.8 Å². The molecule has 0 bridgehead atoms. The van der Waals surface area contributed by atoms with Gasteiger partial charge >= 0.3 is 0 Å². The van der Waals surface area contributed by atoms with Crippen molar-refractivity contribution in [1.82, 2.24) is 9.66 Å². The molecule has 1 heterocycles. The lowest BCUT2D eigenvalue weighted by Gasteiger charge is -2.14. The number of halogens is 1. The molecule has 0 fully saturated rings. The highest BCUT2D eigenvalue weighted by Gasteiger charge is 2.12. The number of aromatic nitrogens is 2. The normalized spacial score (nSPS) is 11.2. The Balaban J connectivity index is 2.26. The third kappa shape index (κ3) is 4.74. The van der Waals surface area contributed by atoms with E-state index in [0.29, 0.717) is 24.9 Å². The molecule has 1 aromatic heterocycles. The molecule has 2 rings (SSSR count). The highest BCUT2D eigenvalue weighted by Crippen LogP contribution is 2.36. The summed E-state index contributed by atoms with van der Waals surface area (Å²) in [6.07, 6.45) is 5.56. The van der Waals surface area contributed by atoms with Gasteiger partial charge in [-0.25, -0.2) is 9.66 Å². The van der Waals surface area contributed by atoms with Crippen LogP contribution >= 0.6 is 15.9 Å². The molecule has 0 atom stereocenters. The van der Waals surface area contributed by atoms with Gasteiger partial charge in [0, 0.05) is 0 Å². The molecular formula is C17H23BrN4O2. The number of aryl methyl sites for hydroxylation is 1. The summed E-state index contributed by atoms with van der Waals surface area (Å²) in [4.78, 5) is 4.12. The maximum atomic E-state index is 5.85. The van der Waals surface area contributed by atoms with Gasteiger partial charge in [-0.15, -0.1) is 0 Å². The third-order valence-corrected chi connectivity index (χ3v) is 3.83. The minimum atomic E-state index is 0.354. The van der Waals surface area contributed by atoms with Crippen LogP contribution in [0.2, 0.25) is 0 Å². The van der Waals surface area contributed by atoms with Crippen LogP contribution in [0.3, 0.4) is 0 Å². The summed E-state index contributed by atoms with van der Waals surface area (Å²) in [7, 11) is 0. The van der Waals surface area contributed by atoms with E-state index in [0.717, 1.165) is 34.3 Å². The Kier molecular flexibility index (Phi) is 6.66. The van der Waals surface area contributed by atoms with Crippen molar-refractivity contribution < 1.29 is 9.47 Å². The minimum Gasteiger partial charge on any atom is -0.490 e. The molecule has 0 radical (unpaired) electrons. The molecule has 0 amide bonds. The summed E-state index contributed by atoms with van der Waals surface area (Å²) in [5, 5.41) is 4.33. The first-order valence-corrected chi connectivity index (χ1v) is 8.79. The summed E-state index contributed by atoms with van der Waals surface area (Å²) in [6.45, 7) is 7.16. The second kappa shape index (κ2) is 8.73. The van der Waals surface area contributed by atoms with Crippen molar-refractivity contribution in [3.63, 3.8) is 0 Å². The SMILES string of the molecule is CCCCOc1c(Br)cc(C=Nn2cc(C)nc2N)cc1OCC. The lowest BCUT2D eigenvalue weighted by Crippen LogP contribution is -2.03. The topological polar surface area (TPSA) is 74.7 Å². The molecule has 0 unspecified atom stereocenters. The predicted molar refractivity (Wildman–Crippen MR) is 100 cm³/mol. The van der Waals surface area contributed by atoms with E-state index in [-0.39, 0.29) is 0 Å². The van der Waals surface area contributed by atoms with E-state index in [2.05, 4.69) is 32.9 Å². The highest BCUT2D eigenvalue weighted by molar-refractivity contribution is 9.10. The minimum absolute atomic E-state index is 0.354. The van der Waals surface area contributed by atoms with Gasteiger partial charge in [-0.05, 0) is 53.9 Å². The van der Waals surface area contributed by atoms with Crippen LogP contribution in [-0.2, 0) is 0 Å². The lowest BCUT2D eigenvalue weighted by molar-refractivity contribution is 0.271. The molecule has 0 spiro atoms. The Morgan fingerprint density at radius 1 is 1.33 bits per heavy atom. The van der Waals surface area contributed by atoms with Crippen molar-refractivity contribution in [3.05, 3.63) is 34.1 Å². The molecule has 0 aliphatic rings. The predicted octanol–water partition coefficient (Wildman–Crippen LogP) is 4.00. The molecule has 6 nitrogen and oxygen atoms in total. The largest absolute Gasteiger partial charge is 0.490 e. The van der Waals surface area contributed by atoms with Gasteiger partial charge in [0.2, 0.25) is 5.95 Å². The van der Waals surface area contributed by atoms with E-state index >= 15 is 0 Å². The van der Waals surface area contributed by atoms with Crippen molar-refractivity contribution in [2.24, 2.45) is 5.10 Å². The number of rotatable bonds is 8. The molecule has 7 heteroatoms. The van der Waals surface area contributed by atoms with Crippen LogP contribution in [0, 0.1) is 6.92 Å². The Morgan fingerprint density at radius 3 is 2.75 bits per heavy atom. The zero-order valence-electron chi connectivity index (χ0n) is 14.3. The lowest BCUT2D eigenvalue weighted by atomic mass is 10.2. The first-order chi connectivity index (χ1) is 11.5. The number of nitrogens with two attached hydrogens (primary N) is 1. The molecule has 24 heavy (non-hydrogen) atoms. The molecule has 1 aromatic carbocycles. The highest BCUT2D eigenvalue weighted by atomic mass is 79.9. The van der Waals surface area contributed by atoms with Crippen LogP contribution in [0.4, 0.5) is 5.95 Å². The molecule has 0 aliphatic heterocycles. The van der Waals surface area contributed by atoms with Crippen molar-refractivity contribution in [2.75, 3.05) is 18.9 Å². The second-order valence-corrected chi connectivity index (χ2v) is 6.15. The Bertz CT molecular complexity index is 713. The van der Waals surface area contributed by atoms with Gasteiger partial charge in [0.25, 0.3) is 0 Å². The molecule has 130 valence electrons. The summed E-state index contributed by atoms with van der Waals surface area (Å²) < 4.78 is 13.9. The number of benzene rings is 1. The van der Waals surface area contributed by atoms with Crippen molar-refractivity contribution >= 4 is 28.1 Å². The molecule has 0 aliphatic carbocycles. The summed E-state index contributed by atoms with van der Waals surface area (Å²) >= 11 is 3.55. The maximum Gasteiger partial charge on any atom is 0.221 e. The third-order valence-electron chi connectivity index (χ3n) is 3.24. The van der Waals surface area contributed by atoms with Crippen LogP contribution in [0.15, 0.2) is 27.9 Å². The average molecular weight is 395 g/mol. The number of hydrogen-bond acceptors (Lipinski definition) is 5. The smallest absolute Gasteiger partial charge is 0.221 e. The Hall–Kier alpha value is -2.02. The fourth-order valence-electron chi connectivity index (χ4n) is 2.11. The van der Waals surface area contributed by atoms with Gasteiger partial charge in [-0.2, -0.15) is 5.10 Å². The van der Waals surface area contributed by atoms with Crippen LogP contribution in [-0.4, -0.2) is 29.1 Å². The number of imidazole rings is 1. The summed E-state index contributed by atoms with van der Waals surface area (Å²) in [6, 6.07) is 3.84. The van der Waals surface area contributed by atoms with E-state index in [4.69, 9.17) is 15.2 Å². The van der Waals surface area contributed by atoms with Crippen LogP contribution in [0.25, 0.3) is 0 Å². The number of ether oxygens (including phenoxy) is 2. The van der Waals surface area contributed by atoms with E-state index in [9.17, 15) is 0 Å². The van der Waals surface area contributed by atoms with Gasteiger partial charge in [-0.1, -0.05) is 13.3 Å². The molecule has 0 saturated carbocycles. The van der Waals surface area contributed by atoms with Crippen molar-refractivity contribution in [1.29, 1.82) is 0 Å². The fraction of sp³-hybridized carbons (Fsp3) is 0.412. The van der Waals surface area contributed by atoms with Gasteiger partial charge in [0.15, 0.2) is 11.5 Å². The second-order valence-electron chi connectivity index (χ2n) is 5.29. The monoisotopic (exact) mass is 394 g/mol. The molecule has 0 saturated heterocycles. The summed E-state index contributed by atoms with van der Waals surface area (Å²) in [5.41, 5.74) is 7.48. The average Bonchev–Trinajstić information content (AvgIpc) is 2.86. The van der Waals surface area contributed by atoms with E-state index in [1.807, 2.05) is 26.0 Å². The van der Waals surface area contributed by atoms with Gasteiger partial charge in [0.1, 0.15) is 0 Å². The molecule has 2 N–H and O–H groups in total. The fourth-order valence-corrected chi connectivity index (χ4v) is 2.68. The number of nitrogens with zero attached hydrogens (tertiary/aromatic N) is 3. The van der Waals surface area contributed by atoms with E-state index < -0.39 is 0 Å². The number of hydrogen-bond donors (Lipinski definition) is 1. The van der Waals surface area contributed by atoms with E-state index in [1.165, 1.54) is 4.68 Å². The zero-order chi connectivity index (χ0) is 17.5. The number of unbranched alkanes of at least 4 members (excludes halogenated alkanes) is 1.